The van der Waals surface area contributed by atoms with Crippen LogP contribution < -0.4 is 0 Å². The number of rotatable bonds is 3. The third kappa shape index (κ3) is 3.21. The van der Waals surface area contributed by atoms with Gasteiger partial charge < -0.3 is 0 Å². The molecule has 2 aliphatic carbocycles. The zero-order chi connectivity index (χ0) is 11.4. The van der Waals surface area contributed by atoms with E-state index < -0.39 is 0 Å². The van der Waals surface area contributed by atoms with Crippen LogP contribution in [0.3, 0.4) is 0 Å². The minimum atomic E-state index is 0.404. The van der Waals surface area contributed by atoms with Gasteiger partial charge in [-0.2, -0.15) is 0 Å². The molecule has 0 bridgehead atoms. The van der Waals surface area contributed by atoms with Crippen LogP contribution in [0.15, 0.2) is 0 Å². The summed E-state index contributed by atoms with van der Waals surface area (Å²) in [6.07, 6.45) is 13.5. The molecule has 0 amide bonds. The highest BCUT2D eigenvalue weighted by Crippen LogP contribution is 2.41. The van der Waals surface area contributed by atoms with Gasteiger partial charge in [0.05, 0.1) is 0 Å². The van der Waals surface area contributed by atoms with Crippen LogP contribution in [0, 0.1) is 17.8 Å². The Morgan fingerprint density at radius 1 is 0.812 bits per heavy atom. The van der Waals surface area contributed by atoms with E-state index in [0.29, 0.717) is 9.71 Å². The van der Waals surface area contributed by atoms with Crippen molar-refractivity contribution >= 4 is 26.4 Å². The highest BCUT2D eigenvalue weighted by atomic mass is 127. The van der Waals surface area contributed by atoms with E-state index in [2.05, 4.69) is 22.6 Å². The third-order valence-corrected chi connectivity index (χ3v) is 5.30. The topological polar surface area (TPSA) is 17.1 Å². The van der Waals surface area contributed by atoms with E-state index in [1.807, 2.05) is 0 Å². The van der Waals surface area contributed by atoms with Crippen molar-refractivity contribution in [1.29, 1.82) is 0 Å². The average Bonchev–Trinajstić information content (AvgIpc) is 2.31. The summed E-state index contributed by atoms with van der Waals surface area (Å²) in [4.78, 5) is 11.9. The zero-order valence-electron chi connectivity index (χ0n) is 10.1. The molecule has 0 unspecified atom stereocenters. The molecular formula is C14H23IO. The first-order chi connectivity index (χ1) is 7.79. The van der Waals surface area contributed by atoms with Crippen LogP contribution >= 0.6 is 22.6 Å². The Morgan fingerprint density at radius 3 is 1.50 bits per heavy atom. The predicted molar refractivity (Wildman–Crippen MR) is 75.7 cm³/mol. The van der Waals surface area contributed by atoms with Gasteiger partial charge in [-0.1, -0.05) is 38.5 Å². The van der Waals surface area contributed by atoms with Gasteiger partial charge in [0, 0.05) is 5.92 Å². The Labute approximate surface area is 113 Å². The van der Waals surface area contributed by atoms with Gasteiger partial charge in [0.15, 0.2) is 3.79 Å². The summed E-state index contributed by atoms with van der Waals surface area (Å²) >= 11 is 2.07. The summed E-state index contributed by atoms with van der Waals surface area (Å²) < 4.78 is 0.455. The number of carbonyl (C=O) groups excluding carboxylic acids is 1. The maximum absolute atomic E-state index is 11.9. The van der Waals surface area contributed by atoms with Gasteiger partial charge in [0.25, 0.3) is 0 Å². The lowest BCUT2D eigenvalue weighted by Crippen LogP contribution is -2.31. The quantitative estimate of drug-likeness (QED) is 0.539. The molecule has 0 aliphatic heterocycles. The summed E-state index contributed by atoms with van der Waals surface area (Å²) in [7, 11) is 0. The summed E-state index contributed by atoms with van der Waals surface area (Å²) in [5, 5.41) is 0. The van der Waals surface area contributed by atoms with Crippen molar-refractivity contribution in [3.8, 4) is 0 Å². The van der Waals surface area contributed by atoms with Gasteiger partial charge >= 0.3 is 0 Å². The van der Waals surface area contributed by atoms with E-state index in [0.717, 1.165) is 11.8 Å². The Hall–Kier alpha value is 0.400. The van der Waals surface area contributed by atoms with Gasteiger partial charge in [0.2, 0.25) is 0 Å². The first-order valence-electron chi connectivity index (χ1n) is 6.98. The molecule has 92 valence electrons. The fourth-order valence-electron chi connectivity index (χ4n) is 3.74. The van der Waals surface area contributed by atoms with Crippen molar-refractivity contribution in [2.24, 2.45) is 17.8 Å². The molecule has 0 heterocycles. The number of carbonyl (C=O) groups is 1. The highest BCUT2D eigenvalue weighted by molar-refractivity contribution is 14.1. The van der Waals surface area contributed by atoms with Gasteiger partial charge in [-0.25, -0.2) is 0 Å². The van der Waals surface area contributed by atoms with E-state index in [1.165, 1.54) is 64.2 Å². The second-order valence-corrected chi connectivity index (χ2v) is 6.69. The summed E-state index contributed by atoms with van der Waals surface area (Å²) in [6.45, 7) is 0. The normalized spacial score (nSPS) is 24.9. The monoisotopic (exact) mass is 334 g/mol. The van der Waals surface area contributed by atoms with Gasteiger partial charge in [-0.05, 0) is 60.1 Å². The lowest BCUT2D eigenvalue weighted by atomic mass is 9.70. The van der Waals surface area contributed by atoms with Gasteiger partial charge in [-0.3, -0.25) is 4.79 Å². The SMILES string of the molecule is O=C(I)C(C1CCCCC1)C1CCCCC1. The first-order valence-corrected chi connectivity index (χ1v) is 8.06. The molecule has 0 aromatic carbocycles. The van der Waals surface area contributed by atoms with Crippen LogP contribution in [-0.2, 0) is 4.79 Å². The zero-order valence-corrected chi connectivity index (χ0v) is 12.2. The Bertz CT molecular complexity index is 209. The Morgan fingerprint density at radius 2 is 1.19 bits per heavy atom. The van der Waals surface area contributed by atoms with E-state index in [9.17, 15) is 4.79 Å². The molecule has 0 aromatic rings. The Kier molecular flexibility index (Phi) is 5.11. The van der Waals surface area contributed by atoms with E-state index in [1.54, 1.807) is 0 Å². The van der Waals surface area contributed by atoms with Crippen LogP contribution in [0.25, 0.3) is 0 Å². The minimum Gasteiger partial charge on any atom is -0.287 e. The van der Waals surface area contributed by atoms with E-state index >= 15 is 0 Å². The molecule has 16 heavy (non-hydrogen) atoms. The van der Waals surface area contributed by atoms with Crippen molar-refractivity contribution in [2.45, 2.75) is 64.2 Å². The smallest absolute Gasteiger partial charge is 0.196 e. The van der Waals surface area contributed by atoms with Crippen molar-refractivity contribution in [1.82, 2.24) is 0 Å². The summed E-state index contributed by atoms with van der Waals surface area (Å²) in [6, 6.07) is 0. The molecule has 1 nitrogen and oxygen atoms in total. The molecule has 0 N–H and O–H groups in total. The summed E-state index contributed by atoms with van der Waals surface area (Å²) in [5.41, 5.74) is 0. The fourth-order valence-corrected chi connectivity index (χ4v) is 4.76. The van der Waals surface area contributed by atoms with E-state index in [4.69, 9.17) is 0 Å². The second kappa shape index (κ2) is 6.36. The van der Waals surface area contributed by atoms with Crippen LogP contribution in [0.1, 0.15) is 64.2 Å². The van der Waals surface area contributed by atoms with Crippen LogP contribution in [0.5, 0.6) is 0 Å². The maximum atomic E-state index is 11.9. The molecule has 2 saturated carbocycles. The third-order valence-electron chi connectivity index (χ3n) is 4.58. The minimum absolute atomic E-state index is 0.404. The molecule has 2 aliphatic rings. The average molecular weight is 334 g/mol. The first kappa shape index (κ1) is 12.8. The molecule has 0 spiro atoms. The molecule has 2 heteroatoms. The number of hydrogen-bond acceptors (Lipinski definition) is 1. The molecule has 0 saturated heterocycles. The number of halogens is 1. The van der Waals surface area contributed by atoms with Gasteiger partial charge in [-0.15, -0.1) is 0 Å². The van der Waals surface area contributed by atoms with Crippen molar-refractivity contribution in [3.05, 3.63) is 0 Å². The highest BCUT2D eigenvalue weighted by Gasteiger charge is 2.34. The molecule has 2 rings (SSSR count). The van der Waals surface area contributed by atoms with Crippen LogP contribution in [0.4, 0.5) is 0 Å². The molecular weight excluding hydrogens is 311 g/mol. The van der Waals surface area contributed by atoms with Crippen molar-refractivity contribution in [3.63, 3.8) is 0 Å². The molecule has 0 radical (unpaired) electrons. The lowest BCUT2D eigenvalue weighted by Gasteiger charge is -2.35. The second-order valence-electron chi connectivity index (χ2n) is 5.63. The van der Waals surface area contributed by atoms with Crippen LogP contribution in [-0.4, -0.2) is 3.79 Å². The molecule has 0 aromatic heterocycles. The standard InChI is InChI=1S/C14H23IO/c15-14(16)13(11-7-3-1-4-8-11)12-9-5-2-6-10-12/h11-13H,1-10H2. The Balaban J connectivity index is 1.99. The lowest BCUT2D eigenvalue weighted by molar-refractivity contribution is -0.117. The largest absolute Gasteiger partial charge is 0.287 e. The fraction of sp³-hybridized carbons (Fsp3) is 0.929. The van der Waals surface area contributed by atoms with E-state index in [-0.39, 0.29) is 0 Å². The molecule has 0 atom stereocenters. The van der Waals surface area contributed by atoms with Crippen molar-refractivity contribution < 1.29 is 4.79 Å². The van der Waals surface area contributed by atoms with Gasteiger partial charge in [0.1, 0.15) is 0 Å². The van der Waals surface area contributed by atoms with Crippen molar-refractivity contribution in [2.75, 3.05) is 0 Å². The predicted octanol–water partition coefficient (Wildman–Crippen LogP) is 4.72. The van der Waals surface area contributed by atoms with Crippen LogP contribution in [0.2, 0.25) is 0 Å². The summed E-state index contributed by atoms with van der Waals surface area (Å²) in [5.74, 6) is 1.85. The maximum Gasteiger partial charge on any atom is 0.196 e. The number of hydrogen-bond donors (Lipinski definition) is 0. The molecule has 2 fully saturated rings.